The van der Waals surface area contributed by atoms with E-state index in [2.05, 4.69) is 74.4 Å². The molecule has 54 nitrogen and oxygen atoms in total. The van der Waals surface area contributed by atoms with Gasteiger partial charge >= 0.3 is 23.9 Å². The molecule has 0 aromatic heterocycles. The summed E-state index contributed by atoms with van der Waals surface area (Å²) in [5.74, 6) is -27.8. The molecular weight excluding hydrogens is 1840 g/mol. The summed E-state index contributed by atoms with van der Waals surface area (Å²) in [6.45, 7) is 8.97. The fraction of sp³-hybridized carbons (Fsp3) is 0.706. The number of likely N-dealkylation sites (tertiary alicyclic amines) is 5. The number of aliphatic carboxylic acids is 4. The maximum absolute atomic E-state index is 14.7. The van der Waals surface area contributed by atoms with Gasteiger partial charge in [0.05, 0.1) is 51.3 Å². The molecule has 27 N–H and O–H groups in total. The van der Waals surface area contributed by atoms with Gasteiger partial charge in [0.25, 0.3) is 0 Å². The summed E-state index contributed by atoms with van der Waals surface area (Å²) in [4.78, 5) is 339. The van der Waals surface area contributed by atoms with E-state index in [0.29, 0.717) is 6.42 Å². The first-order valence-electron chi connectivity index (χ1n) is 46.0. The number of hydrogen-bond donors (Lipinski definition) is 24. The number of aliphatic hydroxyl groups is 3. The first kappa shape index (κ1) is 116. The van der Waals surface area contributed by atoms with Gasteiger partial charge in [0.15, 0.2) is 0 Å². The number of carboxylic acids is 4. The third kappa shape index (κ3) is 35.5. The molecule has 5 fully saturated rings. The Morgan fingerprint density at radius 3 is 1.09 bits per heavy atom. The van der Waals surface area contributed by atoms with Gasteiger partial charge < -0.3 is 152 Å². The number of amides is 21. The third-order valence-electron chi connectivity index (χ3n) is 23.7. The van der Waals surface area contributed by atoms with Gasteiger partial charge in [0, 0.05) is 52.0 Å². The number of rotatable bonds is 55. The Kier molecular flexibility index (Phi) is 46.1. The van der Waals surface area contributed by atoms with E-state index in [-0.39, 0.29) is 122 Å². The minimum absolute atomic E-state index is 0.00371. The van der Waals surface area contributed by atoms with Crippen molar-refractivity contribution in [2.24, 2.45) is 35.0 Å². The highest BCUT2D eigenvalue weighted by molar-refractivity contribution is 6.03. The topological polar surface area (TPSA) is 831 Å². The Labute approximate surface area is 798 Å². The predicted molar refractivity (Wildman–Crippen MR) is 478 cm³/mol. The minimum atomic E-state index is -1.95. The van der Waals surface area contributed by atoms with Crippen LogP contribution >= 0.6 is 0 Å². The molecule has 19 atom stereocenters. The zero-order valence-corrected chi connectivity index (χ0v) is 79.0. The Balaban J connectivity index is 1.13. The van der Waals surface area contributed by atoms with Crippen LogP contribution in [0.3, 0.4) is 0 Å². The first-order chi connectivity index (χ1) is 65.2. The number of carbonyl (C=O) groups is 25. The smallest absolute Gasteiger partial charge is 0.326 e. The first-order valence-corrected chi connectivity index (χ1v) is 46.0. The normalized spacial score (nSPS) is 19.8. The molecule has 139 heavy (non-hydrogen) atoms. The molecule has 54 heteroatoms. The maximum Gasteiger partial charge on any atom is 0.326 e. The molecule has 0 aromatic rings. The molecule has 5 rings (SSSR count). The molecule has 5 aliphatic rings. The highest BCUT2D eigenvalue weighted by atomic mass is 16.4. The number of nitrogens with two attached hydrogens (primary N) is 3. The van der Waals surface area contributed by atoms with Gasteiger partial charge in [-0.15, -0.1) is 0 Å². The van der Waals surface area contributed by atoms with E-state index >= 15 is 0 Å². The van der Waals surface area contributed by atoms with Crippen LogP contribution in [0.2, 0.25) is 0 Å². The van der Waals surface area contributed by atoms with Crippen LogP contribution in [0.1, 0.15) is 191 Å². The molecule has 0 aromatic carbocycles. The second-order valence-corrected chi connectivity index (χ2v) is 36.1. The molecule has 776 valence electrons. The molecule has 5 saturated heterocycles. The van der Waals surface area contributed by atoms with Gasteiger partial charge in [-0.05, 0) is 135 Å². The third-order valence-corrected chi connectivity index (χ3v) is 23.7. The van der Waals surface area contributed by atoms with Gasteiger partial charge in [-0.1, -0.05) is 41.5 Å². The Morgan fingerprint density at radius 2 is 0.676 bits per heavy atom. The average molecular weight is 1980 g/mol. The largest absolute Gasteiger partial charge is 0.481 e. The number of carbonyl (C=O) groups excluding carboxylic acids is 21. The van der Waals surface area contributed by atoms with Gasteiger partial charge in [-0.25, -0.2) is 4.79 Å². The van der Waals surface area contributed by atoms with Crippen molar-refractivity contribution in [3.8, 4) is 0 Å². The van der Waals surface area contributed by atoms with Gasteiger partial charge in [0.1, 0.15) is 103 Å². The van der Waals surface area contributed by atoms with Crippen molar-refractivity contribution >= 4 is 148 Å². The zero-order valence-electron chi connectivity index (χ0n) is 79.0. The number of nitrogens with one attached hydrogen (secondary N) is 14. The molecule has 0 unspecified atom stereocenters. The average Bonchev–Trinajstić information content (AvgIpc) is 1.68. The van der Waals surface area contributed by atoms with Crippen LogP contribution in [0, 0.1) is 17.8 Å². The lowest BCUT2D eigenvalue weighted by molar-refractivity contribution is -0.146. The van der Waals surface area contributed by atoms with E-state index in [4.69, 9.17) is 22.3 Å². The lowest BCUT2D eigenvalue weighted by atomic mass is 10.0. The fourth-order valence-electron chi connectivity index (χ4n) is 16.5. The minimum Gasteiger partial charge on any atom is -0.481 e. The van der Waals surface area contributed by atoms with E-state index < -0.39 is 340 Å². The van der Waals surface area contributed by atoms with E-state index in [0.717, 1.165) is 26.5 Å². The number of carboxylic acid groups (broad SMARTS) is 4. The number of primary amides is 2. The van der Waals surface area contributed by atoms with E-state index in [1.165, 1.54) is 32.6 Å². The SMILES string of the molecule is CC(C)C[C@H](NC(=O)[C@@H]1CCCN1C(=O)[C@H](CCC(N)=O)NC(=O)[C@H](CC(C)C)NC(=O)[C@@H]1CCCN1C(=O)[C@H](CCC(N)=O)NC(=O)[C@@H]1CCCN1C(=O)[C@H](CO)NC(=O)[C@H](CO)NC(=O)CNC(=O)[C@@H](NC(=O)[C@@H]1CCCN1C(=O)[C@H](C)NC(=O)CNC(=O)[C@H](C)NC(=O)[C@@H](NC(=O)[C@H](CCC(=O)O)NC(=O)[C@H](CC(=O)O)NC(=O)[C@@H]1CCCN1C(=O)[C@@H](N)CC(=O)O)C(C)C)[C@@H](C)O)C(=O)O. The molecule has 0 bridgehead atoms. The van der Waals surface area contributed by atoms with E-state index in [1.807, 2.05) is 0 Å². The molecule has 0 aliphatic carbocycles. The van der Waals surface area contributed by atoms with Crippen LogP contribution in [0.5, 0.6) is 0 Å². The second kappa shape index (κ2) is 55.3. The maximum atomic E-state index is 14.7. The molecule has 0 spiro atoms. The summed E-state index contributed by atoms with van der Waals surface area (Å²) in [7, 11) is 0. The van der Waals surface area contributed by atoms with Crippen LogP contribution in [-0.4, -0.2) is 382 Å². The summed E-state index contributed by atoms with van der Waals surface area (Å²) >= 11 is 0. The summed E-state index contributed by atoms with van der Waals surface area (Å²) in [6.07, 6.45) is -5.34. The Morgan fingerprint density at radius 1 is 0.324 bits per heavy atom. The van der Waals surface area contributed by atoms with Crippen molar-refractivity contribution in [2.45, 2.75) is 306 Å². The number of hydrogen-bond acceptors (Lipinski definition) is 29. The van der Waals surface area contributed by atoms with E-state index in [9.17, 15) is 151 Å². The van der Waals surface area contributed by atoms with Crippen LogP contribution in [-0.2, 0) is 120 Å². The molecular formula is C85H134N22O32. The van der Waals surface area contributed by atoms with Crippen LogP contribution < -0.4 is 91.6 Å². The summed E-state index contributed by atoms with van der Waals surface area (Å²) in [5, 5.41) is 103. The lowest BCUT2D eigenvalue weighted by Gasteiger charge is -2.32. The molecule has 21 amide bonds. The Bertz CT molecular complexity index is 4520. The predicted octanol–water partition coefficient (Wildman–Crippen LogP) is -11.1. The Hall–Kier alpha value is -13.4. The summed E-state index contributed by atoms with van der Waals surface area (Å²) < 4.78 is 0. The quantitative estimate of drug-likeness (QED) is 0.0269. The molecule has 0 saturated carbocycles. The number of aliphatic hydroxyl groups excluding tert-OH is 3. The zero-order chi connectivity index (χ0) is 104. The highest BCUT2D eigenvalue weighted by Gasteiger charge is 2.48. The number of nitrogens with zero attached hydrogens (tertiary/aromatic N) is 5. The van der Waals surface area contributed by atoms with Crippen LogP contribution in [0.15, 0.2) is 0 Å². The standard InChI is InChI=1S/C85H134N22O32/c1-39(2)31-49(70(123)95-47(20-23-59(87)111)82(135)106-29-13-18-57(106)76(129)99-51(85(138)139)32-40(3)4)97-75(128)56-17-12-28-105(56)83(136)48(21-24-60(88)112)96-73(126)55-16-14-30-107(55)84(137)53(38-109)100-72(125)52(37-108)93-62(114)36-90-78(131)67(44(9)110)102-77(130)58-19-10-26-103(58)80(133)43(8)91-61(113)35-89-68(121)42(7)92-79(132)66(41(5)6)101-69(122)46(22-25-63(115)116)94-71(124)50(34-65(119)120)98-74(127)54-15-11-27-104(54)81(134)45(86)33-64(117)118/h39-58,66-67,108-110H,10-38,86H2,1-9H3,(H2,87,111)(H2,88,112)(H,89,121)(H,90,131)(H,91,113)(H,92,132)(H,93,114)(H,94,124)(H,95,123)(H,96,126)(H,97,128)(H,98,127)(H,99,129)(H,100,125)(H,101,122)(H,102,130)(H,115,116)(H,117,118)(H,119,120)(H,138,139)/t42-,43-,44+,45-,46-,47-,48-,49-,50-,51-,52-,53-,54-,55-,56-,57-,58-,66-,67-/m0/s1. The summed E-state index contributed by atoms with van der Waals surface area (Å²) in [6, 6.07) is -27.5. The van der Waals surface area contributed by atoms with Gasteiger partial charge in [-0.2, -0.15) is 0 Å². The van der Waals surface area contributed by atoms with Crippen molar-refractivity contribution < 1.29 is 156 Å². The van der Waals surface area contributed by atoms with Crippen molar-refractivity contribution in [3.05, 3.63) is 0 Å². The second-order valence-electron chi connectivity index (χ2n) is 36.1. The van der Waals surface area contributed by atoms with Crippen molar-refractivity contribution in [1.82, 2.24) is 98.9 Å². The lowest BCUT2D eigenvalue weighted by Crippen LogP contribution is -2.61. The monoisotopic (exact) mass is 1970 g/mol. The van der Waals surface area contributed by atoms with E-state index in [1.54, 1.807) is 27.7 Å². The molecule has 5 aliphatic heterocycles. The summed E-state index contributed by atoms with van der Waals surface area (Å²) in [5.41, 5.74) is 16.7. The van der Waals surface area contributed by atoms with Gasteiger partial charge in [-0.3, -0.25) is 115 Å². The van der Waals surface area contributed by atoms with Crippen LogP contribution in [0.4, 0.5) is 0 Å². The van der Waals surface area contributed by atoms with Crippen molar-refractivity contribution in [3.63, 3.8) is 0 Å². The molecule has 0 radical (unpaired) electrons. The fourth-order valence-corrected chi connectivity index (χ4v) is 16.5. The van der Waals surface area contributed by atoms with Crippen molar-refractivity contribution in [1.29, 1.82) is 0 Å². The van der Waals surface area contributed by atoms with Crippen molar-refractivity contribution in [2.75, 3.05) is 59.0 Å². The van der Waals surface area contributed by atoms with Gasteiger partial charge in [0.2, 0.25) is 124 Å². The van der Waals surface area contributed by atoms with Crippen LogP contribution in [0.25, 0.3) is 0 Å². The molecule has 5 heterocycles. The highest BCUT2D eigenvalue weighted by Crippen LogP contribution is 2.27.